The van der Waals surface area contributed by atoms with Crippen molar-refractivity contribution in [3.8, 4) is 5.75 Å². The molecule has 1 amide bonds. The third-order valence-electron chi connectivity index (χ3n) is 4.14. The number of carboxylic acids is 1. The maximum atomic E-state index is 12.5. The number of carboxylic acid groups (broad SMARTS) is 1. The van der Waals surface area contributed by atoms with E-state index in [-0.39, 0.29) is 18.4 Å². The van der Waals surface area contributed by atoms with Gasteiger partial charge in [0.2, 0.25) is 0 Å². The number of hydrogen-bond acceptors (Lipinski definition) is 5. The molecule has 132 valence electrons. The van der Waals surface area contributed by atoms with Crippen LogP contribution >= 0.6 is 24.0 Å². The van der Waals surface area contributed by atoms with E-state index in [4.69, 9.17) is 22.1 Å². The van der Waals surface area contributed by atoms with Gasteiger partial charge in [0.25, 0.3) is 5.91 Å². The lowest BCUT2D eigenvalue weighted by Crippen LogP contribution is -2.29. The van der Waals surface area contributed by atoms with Crippen LogP contribution in [0.15, 0.2) is 17.0 Å². The highest BCUT2D eigenvalue weighted by atomic mass is 32.2. The van der Waals surface area contributed by atoms with E-state index < -0.39 is 5.97 Å². The number of carbonyl (C=O) groups excluding carboxylic acids is 1. The second-order valence-electron chi connectivity index (χ2n) is 6.29. The van der Waals surface area contributed by atoms with Crippen molar-refractivity contribution in [2.24, 2.45) is 0 Å². The van der Waals surface area contributed by atoms with E-state index in [2.05, 4.69) is 6.07 Å². The van der Waals surface area contributed by atoms with Crippen LogP contribution in [-0.2, 0) is 16.0 Å². The second-order valence-corrected chi connectivity index (χ2v) is 7.97. The molecule has 0 spiro atoms. The smallest absolute Gasteiger partial charge is 0.303 e. The lowest BCUT2D eigenvalue weighted by atomic mass is 10.0. The van der Waals surface area contributed by atoms with Gasteiger partial charge in [-0.15, -0.1) is 0 Å². The van der Waals surface area contributed by atoms with Crippen molar-refractivity contribution < 1.29 is 19.4 Å². The Balaban J connectivity index is 1.77. The van der Waals surface area contributed by atoms with Crippen molar-refractivity contribution in [3.05, 3.63) is 33.7 Å². The lowest BCUT2D eigenvalue weighted by molar-refractivity contribution is -0.137. The van der Waals surface area contributed by atoms with Crippen molar-refractivity contribution in [3.63, 3.8) is 0 Å². The predicted molar refractivity (Wildman–Crippen MR) is 102 cm³/mol. The Hall–Kier alpha value is -1.86. The fourth-order valence-corrected chi connectivity index (χ4v) is 4.37. The molecule has 0 unspecified atom stereocenters. The molecule has 0 bridgehead atoms. The minimum Gasteiger partial charge on any atom is -0.490 e. The number of aryl methyl sites for hydroxylation is 1. The number of aliphatic carboxylic acids is 1. The fraction of sp³-hybridized carbons (Fsp3) is 0.389. The van der Waals surface area contributed by atoms with E-state index in [1.807, 2.05) is 26.0 Å². The van der Waals surface area contributed by atoms with Crippen LogP contribution in [-0.4, -0.2) is 38.9 Å². The normalized spacial score (nSPS) is 21.0. The number of hydrogen-bond donors (Lipinski definition) is 1. The van der Waals surface area contributed by atoms with Gasteiger partial charge in [0, 0.05) is 19.4 Å². The van der Waals surface area contributed by atoms with Crippen LogP contribution < -0.4 is 4.74 Å². The Morgan fingerprint density at radius 1 is 1.52 bits per heavy atom. The van der Waals surface area contributed by atoms with E-state index in [1.165, 1.54) is 16.7 Å². The number of benzene rings is 1. The minimum atomic E-state index is -0.869. The van der Waals surface area contributed by atoms with Gasteiger partial charge in [0.1, 0.15) is 16.2 Å². The molecule has 0 aromatic heterocycles. The highest BCUT2D eigenvalue weighted by molar-refractivity contribution is 8.26. The first-order valence-corrected chi connectivity index (χ1v) is 9.35. The second kappa shape index (κ2) is 7.17. The number of rotatable bonds is 5. The first kappa shape index (κ1) is 17.9. The molecule has 25 heavy (non-hydrogen) atoms. The monoisotopic (exact) mass is 377 g/mol. The molecule has 7 heteroatoms. The molecule has 5 nitrogen and oxygen atoms in total. The molecule has 1 fully saturated rings. The number of carbonyl (C=O) groups is 2. The lowest BCUT2D eigenvalue weighted by Gasteiger charge is -2.13. The van der Waals surface area contributed by atoms with Crippen molar-refractivity contribution >= 4 is 46.3 Å². The van der Waals surface area contributed by atoms with Crippen molar-refractivity contribution in [1.82, 2.24) is 4.90 Å². The average molecular weight is 377 g/mol. The number of nitrogens with zero attached hydrogens (tertiary/aromatic N) is 1. The van der Waals surface area contributed by atoms with E-state index >= 15 is 0 Å². The van der Waals surface area contributed by atoms with Gasteiger partial charge in [-0.05, 0) is 55.2 Å². The summed E-state index contributed by atoms with van der Waals surface area (Å²) < 4.78 is 6.29. The van der Waals surface area contributed by atoms with Crippen molar-refractivity contribution in [2.45, 2.75) is 39.2 Å². The summed E-state index contributed by atoms with van der Waals surface area (Å²) in [4.78, 5) is 25.2. The molecule has 1 atom stereocenters. The Bertz CT molecular complexity index is 788. The van der Waals surface area contributed by atoms with Crippen LogP contribution in [0, 0.1) is 6.92 Å². The summed E-state index contributed by atoms with van der Waals surface area (Å²) in [6, 6.07) is 4.07. The summed E-state index contributed by atoms with van der Waals surface area (Å²) in [7, 11) is 0. The molecule has 1 saturated heterocycles. The molecule has 0 aliphatic carbocycles. The number of ether oxygens (including phenoxy) is 1. The Kier molecular flexibility index (Phi) is 5.15. The number of fused-ring (bicyclic) bond motifs is 1. The maximum Gasteiger partial charge on any atom is 0.303 e. The van der Waals surface area contributed by atoms with Crippen molar-refractivity contribution in [1.29, 1.82) is 0 Å². The molecule has 0 radical (unpaired) electrons. The molecule has 2 aliphatic heterocycles. The largest absolute Gasteiger partial charge is 0.490 e. The molecule has 3 rings (SSSR count). The van der Waals surface area contributed by atoms with Crippen LogP contribution in [0.25, 0.3) is 6.08 Å². The molecular formula is C18H19NO4S2. The van der Waals surface area contributed by atoms with E-state index in [0.29, 0.717) is 22.2 Å². The zero-order valence-electron chi connectivity index (χ0n) is 14.1. The van der Waals surface area contributed by atoms with Crippen LogP contribution in [0.1, 0.15) is 36.5 Å². The third kappa shape index (κ3) is 3.88. The topological polar surface area (TPSA) is 66.8 Å². The van der Waals surface area contributed by atoms with Gasteiger partial charge in [-0.25, -0.2) is 0 Å². The van der Waals surface area contributed by atoms with Gasteiger partial charge in [-0.1, -0.05) is 24.0 Å². The Morgan fingerprint density at radius 2 is 2.28 bits per heavy atom. The number of thioether (sulfide) groups is 1. The summed E-state index contributed by atoms with van der Waals surface area (Å²) in [5.41, 5.74) is 3.18. The number of amides is 1. The van der Waals surface area contributed by atoms with Gasteiger partial charge in [0.15, 0.2) is 0 Å². The summed E-state index contributed by atoms with van der Waals surface area (Å²) in [5, 5.41) is 8.72. The Labute approximate surface area is 156 Å². The summed E-state index contributed by atoms with van der Waals surface area (Å²) in [6.07, 6.45) is 3.32. The molecule has 1 N–H and O–H groups in total. The van der Waals surface area contributed by atoms with Crippen LogP contribution in [0.5, 0.6) is 5.75 Å². The summed E-state index contributed by atoms with van der Waals surface area (Å²) >= 11 is 6.54. The molecule has 2 heterocycles. The fourth-order valence-electron chi connectivity index (χ4n) is 3.07. The van der Waals surface area contributed by atoms with Crippen LogP contribution in [0.2, 0.25) is 0 Å². The summed E-state index contributed by atoms with van der Waals surface area (Å²) in [6.45, 7) is 4.38. The quantitative estimate of drug-likeness (QED) is 0.627. The first-order valence-electron chi connectivity index (χ1n) is 8.12. The van der Waals surface area contributed by atoms with E-state index in [0.717, 1.165) is 28.9 Å². The molecule has 0 saturated carbocycles. The van der Waals surface area contributed by atoms with E-state index in [1.54, 1.807) is 0 Å². The average Bonchev–Trinajstić information content (AvgIpc) is 3.01. The highest BCUT2D eigenvalue weighted by Crippen LogP contribution is 2.36. The first-order chi connectivity index (χ1) is 11.8. The molecule has 2 aliphatic rings. The molecular weight excluding hydrogens is 358 g/mol. The predicted octanol–water partition coefficient (Wildman–Crippen LogP) is 3.38. The molecule has 1 aromatic rings. The van der Waals surface area contributed by atoms with Gasteiger partial charge in [-0.2, -0.15) is 0 Å². The van der Waals surface area contributed by atoms with E-state index in [9.17, 15) is 9.59 Å². The zero-order valence-corrected chi connectivity index (χ0v) is 15.7. The standard InChI is InChI=1S/C18H19NO4S2/c1-10-6-12(8-13-7-11(2)23-16(10)13)9-14-17(22)19(18(24)25-14)5-3-4-15(20)21/h6,8-9,11H,3-5,7H2,1-2H3,(H,20,21)/b14-9-/t11-/m1/s1. The van der Waals surface area contributed by atoms with Crippen LogP contribution in [0.3, 0.4) is 0 Å². The van der Waals surface area contributed by atoms with Crippen molar-refractivity contribution in [2.75, 3.05) is 6.54 Å². The number of thiocarbonyl (C=S) groups is 1. The minimum absolute atomic E-state index is 0.0261. The third-order valence-corrected chi connectivity index (χ3v) is 5.52. The molecule has 1 aromatic carbocycles. The van der Waals surface area contributed by atoms with Gasteiger partial charge >= 0.3 is 5.97 Å². The Morgan fingerprint density at radius 3 is 3.00 bits per heavy atom. The highest BCUT2D eigenvalue weighted by Gasteiger charge is 2.32. The van der Waals surface area contributed by atoms with Gasteiger partial charge < -0.3 is 9.84 Å². The maximum absolute atomic E-state index is 12.5. The SMILES string of the molecule is Cc1cc(/C=C2\SC(=S)N(CCCC(=O)O)C2=O)cc2c1O[C@H](C)C2. The van der Waals surface area contributed by atoms with Gasteiger partial charge in [0.05, 0.1) is 4.91 Å². The van der Waals surface area contributed by atoms with Gasteiger partial charge in [-0.3, -0.25) is 14.5 Å². The zero-order chi connectivity index (χ0) is 18.1. The van der Waals surface area contributed by atoms with Crippen LogP contribution in [0.4, 0.5) is 0 Å². The summed E-state index contributed by atoms with van der Waals surface area (Å²) in [5.74, 6) is -0.0694.